The Morgan fingerprint density at radius 2 is 1.79 bits per heavy atom. The number of fused-ring (bicyclic) bond motifs is 2. The lowest BCUT2D eigenvalue weighted by Gasteiger charge is -2.00. The van der Waals surface area contributed by atoms with E-state index in [1.54, 1.807) is 18.6 Å². The third-order valence-electron chi connectivity index (χ3n) is 4.96. The van der Waals surface area contributed by atoms with E-state index in [-0.39, 0.29) is 0 Å². The van der Waals surface area contributed by atoms with Gasteiger partial charge in [0.15, 0.2) is 5.65 Å². The molecule has 0 unspecified atom stereocenters. The Kier molecular flexibility index (Phi) is 3.30. The Balaban J connectivity index is 1.54. The second kappa shape index (κ2) is 6.10. The highest BCUT2D eigenvalue weighted by Gasteiger charge is 2.15. The first-order valence-electron chi connectivity index (χ1n) is 9.09. The van der Waals surface area contributed by atoms with E-state index >= 15 is 0 Å². The molecule has 0 aliphatic rings. The standard InChI is InChI=1S/C21H14N8/c1-2-5-22-17(3-1)19-14-8-18(27-16(14)4-6-23-19)20-15-7-12(13-10-25-26-11-13)9-24-21(15)29-28-20/h1-11,27H,(H,25,26)(H,24,28,29). The summed E-state index contributed by atoms with van der Waals surface area (Å²) in [5.41, 5.74) is 7.02. The summed E-state index contributed by atoms with van der Waals surface area (Å²) in [6.45, 7) is 0. The lowest BCUT2D eigenvalue weighted by atomic mass is 10.1. The molecular weight excluding hydrogens is 364 g/mol. The molecule has 0 radical (unpaired) electrons. The monoisotopic (exact) mass is 378 g/mol. The van der Waals surface area contributed by atoms with Crippen molar-refractivity contribution >= 4 is 21.9 Å². The molecule has 0 atom stereocenters. The van der Waals surface area contributed by atoms with Crippen LogP contribution in [0, 0.1) is 0 Å². The van der Waals surface area contributed by atoms with Crippen molar-refractivity contribution in [3.05, 3.63) is 67.4 Å². The Morgan fingerprint density at radius 1 is 0.793 bits per heavy atom. The molecule has 6 rings (SSSR count). The molecule has 0 aliphatic heterocycles. The van der Waals surface area contributed by atoms with Gasteiger partial charge in [-0.05, 0) is 30.3 Å². The molecule has 29 heavy (non-hydrogen) atoms. The fourth-order valence-electron chi connectivity index (χ4n) is 3.56. The molecule has 0 fully saturated rings. The molecule has 0 aliphatic carbocycles. The van der Waals surface area contributed by atoms with Crippen LogP contribution in [0.25, 0.3) is 55.8 Å². The van der Waals surface area contributed by atoms with Crippen molar-refractivity contribution in [1.82, 2.24) is 40.3 Å². The number of aromatic nitrogens is 8. The average Bonchev–Trinajstić information content (AvgIpc) is 3.52. The SMILES string of the molecule is c1ccc(-c2nccc3[nH]c(-c4n[nH]c5ncc(-c6cn[nH]c6)cc45)cc23)nc1. The summed E-state index contributed by atoms with van der Waals surface area (Å²) in [6.07, 6.45) is 8.98. The molecule has 6 heterocycles. The molecule has 0 saturated carbocycles. The first-order valence-corrected chi connectivity index (χ1v) is 9.09. The normalized spacial score (nSPS) is 11.4. The van der Waals surface area contributed by atoms with Crippen LogP contribution in [0.5, 0.6) is 0 Å². The molecule has 3 N–H and O–H groups in total. The van der Waals surface area contributed by atoms with Crippen molar-refractivity contribution in [2.24, 2.45) is 0 Å². The van der Waals surface area contributed by atoms with Crippen LogP contribution in [0.15, 0.2) is 67.4 Å². The molecule has 8 heteroatoms. The van der Waals surface area contributed by atoms with Crippen LogP contribution in [0.3, 0.4) is 0 Å². The lowest BCUT2D eigenvalue weighted by molar-refractivity contribution is 1.09. The fourth-order valence-corrected chi connectivity index (χ4v) is 3.56. The summed E-state index contributed by atoms with van der Waals surface area (Å²) in [5.74, 6) is 0. The molecule has 0 saturated heterocycles. The quantitative estimate of drug-likeness (QED) is 0.432. The third kappa shape index (κ3) is 2.50. The van der Waals surface area contributed by atoms with E-state index < -0.39 is 0 Å². The van der Waals surface area contributed by atoms with Gasteiger partial charge >= 0.3 is 0 Å². The Morgan fingerprint density at radius 3 is 2.66 bits per heavy atom. The van der Waals surface area contributed by atoms with Crippen molar-refractivity contribution in [2.75, 3.05) is 0 Å². The number of hydrogen-bond acceptors (Lipinski definition) is 5. The van der Waals surface area contributed by atoms with Gasteiger partial charge in [-0.15, -0.1) is 0 Å². The molecule has 6 aromatic heterocycles. The molecule has 0 spiro atoms. The summed E-state index contributed by atoms with van der Waals surface area (Å²) in [7, 11) is 0. The molecule has 6 aromatic rings. The van der Waals surface area contributed by atoms with Gasteiger partial charge in [-0.1, -0.05) is 6.07 Å². The van der Waals surface area contributed by atoms with Crippen molar-refractivity contribution in [3.8, 4) is 33.9 Å². The van der Waals surface area contributed by atoms with Gasteiger partial charge < -0.3 is 4.98 Å². The van der Waals surface area contributed by atoms with Crippen molar-refractivity contribution in [3.63, 3.8) is 0 Å². The van der Waals surface area contributed by atoms with Gasteiger partial charge in [0.25, 0.3) is 0 Å². The van der Waals surface area contributed by atoms with Crippen LogP contribution >= 0.6 is 0 Å². The van der Waals surface area contributed by atoms with Gasteiger partial charge in [0.05, 0.1) is 23.3 Å². The zero-order chi connectivity index (χ0) is 19.2. The van der Waals surface area contributed by atoms with Crippen LogP contribution in [-0.2, 0) is 0 Å². The molecule has 0 amide bonds. The van der Waals surface area contributed by atoms with Gasteiger partial charge in [-0.2, -0.15) is 10.2 Å². The van der Waals surface area contributed by atoms with Gasteiger partial charge in [0.2, 0.25) is 0 Å². The minimum atomic E-state index is 0.731. The number of pyridine rings is 3. The van der Waals surface area contributed by atoms with E-state index in [0.29, 0.717) is 0 Å². The van der Waals surface area contributed by atoms with E-state index in [1.165, 1.54) is 0 Å². The average molecular weight is 378 g/mol. The molecule has 0 bridgehead atoms. The van der Waals surface area contributed by atoms with E-state index in [9.17, 15) is 0 Å². The summed E-state index contributed by atoms with van der Waals surface area (Å²) in [4.78, 5) is 17.0. The minimum Gasteiger partial charge on any atom is -0.353 e. The second-order valence-electron chi connectivity index (χ2n) is 6.70. The molecule has 138 valence electrons. The number of nitrogens with zero attached hydrogens (tertiary/aromatic N) is 5. The van der Waals surface area contributed by atoms with Gasteiger partial charge in [-0.3, -0.25) is 20.2 Å². The van der Waals surface area contributed by atoms with Crippen LogP contribution in [0.4, 0.5) is 0 Å². The number of aromatic amines is 3. The zero-order valence-electron chi connectivity index (χ0n) is 15.1. The van der Waals surface area contributed by atoms with Gasteiger partial charge in [-0.25, -0.2) is 4.98 Å². The number of H-pyrrole nitrogens is 3. The van der Waals surface area contributed by atoms with Crippen LogP contribution < -0.4 is 0 Å². The van der Waals surface area contributed by atoms with E-state index in [1.807, 2.05) is 36.7 Å². The van der Waals surface area contributed by atoms with Crippen molar-refractivity contribution in [2.45, 2.75) is 0 Å². The van der Waals surface area contributed by atoms with E-state index in [0.717, 1.165) is 55.8 Å². The fraction of sp³-hybridized carbons (Fsp3) is 0. The van der Waals surface area contributed by atoms with E-state index in [2.05, 4.69) is 52.5 Å². The molecular formula is C21H14N8. The largest absolute Gasteiger partial charge is 0.353 e. The van der Waals surface area contributed by atoms with Crippen molar-refractivity contribution in [1.29, 1.82) is 0 Å². The lowest BCUT2D eigenvalue weighted by Crippen LogP contribution is -1.86. The van der Waals surface area contributed by atoms with Crippen LogP contribution in [0.2, 0.25) is 0 Å². The summed E-state index contributed by atoms with van der Waals surface area (Å²) in [5, 5.41) is 16.3. The highest BCUT2D eigenvalue weighted by atomic mass is 15.2. The van der Waals surface area contributed by atoms with E-state index in [4.69, 9.17) is 0 Å². The Bertz CT molecular complexity index is 1440. The minimum absolute atomic E-state index is 0.731. The highest BCUT2D eigenvalue weighted by Crippen LogP contribution is 2.33. The second-order valence-corrected chi connectivity index (χ2v) is 6.70. The number of nitrogens with one attached hydrogen (secondary N) is 3. The summed E-state index contributed by atoms with van der Waals surface area (Å²) >= 11 is 0. The topological polar surface area (TPSA) is 112 Å². The van der Waals surface area contributed by atoms with Gasteiger partial charge in [0, 0.05) is 52.2 Å². The molecule has 0 aromatic carbocycles. The first kappa shape index (κ1) is 15.7. The summed E-state index contributed by atoms with van der Waals surface area (Å²) < 4.78 is 0. The van der Waals surface area contributed by atoms with Crippen LogP contribution in [0.1, 0.15) is 0 Å². The zero-order valence-corrected chi connectivity index (χ0v) is 15.1. The van der Waals surface area contributed by atoms with Gasteiger partial charge in [0.1, 0.15) is 5.69 Å². The third-order valence-corrected chi connectivity index (χ3v) is 4.96. The first-order chi connectivity index (χ1) is 14.4. The maximum atomic E-state index is 4.55. The maximum Gasteiger partial charge on any atom is 0.155 e. The number of rotatable bonds is 3. The smallest absolute Gasteiger partial charge is 0.155 e. The van der Waals surface area contributed by atoms with Crippen molar-refractivity contribution < 1.29 is 0 Å². The highest BCUT2D eigenvalue weighted by molar-refractivity contribution is 5.99. The van der Waals surface area contributed by atoms with Crippen LogP contribution in [-0.4, -0.2) is 40.3 Å². The summed E-state index contributed by atoms with van der Waals surface area (Å²) in [6, 6.07) is 11.9. The predicted octanol–water partition coefficient (Wildman–Crippen LogP) is 3.95. The Labute approximate surface area is 164 Å². The number of hydrogen-bond donors (Lipinski definition) is 3. The molecule has 8 nitrogen and oxygen atoms in total. The maximum absolute atomic E-state index is 4.55. The predicted molar refractivity (Wildman–Crippen MR) is 110 cm³/mol. The Hall–Kier alpha value is -4.33.